The summed E-state index contributed by atoms with van der Waals surface area (Å²) < 4.78 is 40.7. The Hall–Kier alpha value is -3.42. The Labute approximate surface area is 172 Å². The van der Waals surface area contributed by atoms with Gasteiger partial charge in [0.25, 0.3) is 0 Å². The molecular weight excluding hydrogens is 396 g/mol. The molecule has 0 bridgehead atoms. The first kappa shape index (κ1) is 21.3. The van der Waals surface area contributed by atoms with E-state index < -0.39 is 18.6 Å². The fraction of sp³-hybridized carbons (Fsp3) is 0.273. The number of rotatable bonds is 7. The fourth-order valence-electron chi connectivity index (χ4n) is 3.18. The largest absolute Gasteiger partial charge is 0.485 e. The molecule has 2 aromatic rings. The number of esters is 1. The number of nitrogens with zero attached hydrogens (tertiary/aromatic N) is 1. The molecule has 2 aromatic carbocycles. The molecule has 3 rings (SSSR count). The average molecular weight is 417 g/mol. The van der Waals surface area contributed by atoms with E-state index in [0.717, 1.165) is 5.56 Å². The number of benzene rings is 2. The highest BCUT2D eigenvalue weighted by Gasteiger charge is 2.33. The van der Waals surface area contributed by atoms with Gasteiger partial charge in [-0.2, -0.15) is 8.78 Å². The van der Waals surface area contributed by atoms with Crippen LogP contribution in [0.1, 0.15) is 18.1 Å². The zero-order valence-electron chi connectivity index (χ0n) is 16.5. The van der Waals surface area contributed by atoms with Crippen molar-refractivity contribution < 1.29 is 32.6 Å². The molecule has 158 valence electrons. The van der Waals surface area contributed by atoms with Crippen LogP contribution in [0.15, 0.2) is 54.6 Å². The molecule has 6 nitrogen and oxygen atoms in total. The van der Waals surface area contributed by atoms with E-state index in [4.69, 9.17) is 9.47 Å². The van der Waals surface area contributed by atoms with Gasteiger partial charge in [-0.25, -0.2) is 4.79 Å². The van der Waals surface area contributed by atoms with Gasteiger partial charge in [-0.15, -0.1) is 0 Å². The highest BCUT2D eigenvalue weighted by Crippen LogP contribution is 2.35. The molecule has 0 aliphatic carbocycles. The van der Waals surface area contributed by atoms with E-state index >= 15 is 0 Å². The first-order valence-corrected chi connectivity index (χ1v) is 9.20. The fourth-order valence-corrected chi connectivity index (χ4v) is 3.18. The summed E-state index contributed by atoms with van der Waals surface area (Å²) in [5.41, 5.74) is 2.16. The topological polar surface area (TPSA) is 65.1 Å². The first-order chi connectivity index (χ1) is 14.4. The van der Waals surface area contributed by atoms with Crippen molar-refractivity contribution in [3.63, 3.8) is 0 Å². The number of alkyl halides is 2. The van der Waals surface area contributed by atoms with Crippen molar-refractivity contribution in [2.75, 3.05) is 13.7 Å². The van der Waals surface area contributed by atoms with Crippen molar-refractivity contribution in [1.29, 1.82) is 0 Å². The van der Waals surface area contributed by atoms with E-state index in [1.165, 1.54) is 25.0 Å². The number of hydrogen-bond donors (Lipinski definition) is 0. The number of halogens is 2. The molecule has 0 saturated carbocycles. The van der Waals surface area contributed by atoms with Crippen molar-refractivity contribution in [2.24, 2.45) is 0 Å². The summed E-state index contributed by atoms with van der Waals surface area (Å²) in [4.78, 5) is 25.3. The van der Waals surface area contributed by atoms with Crippen LogP contribution in [0.4, 0.5) is 8.78 Å². The molecule has 0 aromatic heterocycles. The van der Waals surface area contributed by atoms with Gasteiger partial charge in [-0.1, -0.05) is 36.4 Å². The minimum atomic E-state index is -3.00. The molecule has 0 spiro atoms. The van der Waals surface area contributed by atoms with E-state index in [1.807, 2.05) is 30.3 Å². The Kier molecular flexibility index (Phi) is 6.66. The Balaban J connectivity index is 1.89. The number of ether oxygens (including phenoxy) is 3. The van der Waals surface area contributed by atoms with Crippen LogP contribution in [-0.4, -0.2) is 43.1 Å². The zero-order valence-corrected chi connectivity index (χ0v) is 16.5. The molecule has 30 heavy (non-hydrogen) atoms. The molecular formula is C22H21F2NO5. The second-order valence-corrected chi connectivity index (χ2v) is 6.62. The van der Waals surface area contributed by atoms with Crippen LogP contribution in [0, 0.1) is 0 Å². The van der Waals surface area contributed by atoms with E-state index in [2.05, 4.69) is 4.74 Å². The van der Waals surface area contributed by atoms with Crippen molar-refractivity contribution >= 4 is 17.4 Å². The van der Waals surface area contributed by atoms with Crippen LogP contribution in [0.5, 0.6) is 11.5 Å². The number of carbonyl (C=O) groups excluding carboxylic acids is 2. The zero-order chi connectivity index (χ0) is 21.7. The maximum Gasteiger partial charge on any atom is 0.387 e. The number of methoxy groups -OCH3 is 1. The summed E-state index contributed by atoms with van der Waals surface area (Å²) in [5.74, 6) is -0.807. The summed E-state index contributed by atoms with van der Waals surface area (Å²) in [6, 6.07) is 12.9. The number of carbonyl (C=O) groups is 2. The Morgan fingerprint density at radius 2 is 1.87 bits per heavy atom. The Morgan fingerprint density at radius 1 is 1.13 bits per heavy atom. The van der Waals surface area contributed by atoms with Crippen LogP contribution in [-0.2, 0) is 20.9 Å². The third-order valence-electron chi connectivity index (χ3n) is 4.65. The SMILES string of the molecule is COC(=O)C1C=C(c2ccc(OC(F)F)c(OCc3ccccc3)c2)CN1C(C)=O. The number of amides is 1. The highest BCUT2D eigenvalue weighted by atomic mass is 19.3. The summed E-state index contributed by atoms with van der Waals surface area (Å²) in [7, 11) is 1.25. The molecule has 1 atom stereocenters. The van der Waals surface area contributed by atoms with Crippen molar-refractivity contribution in [1.82, 2.24) is 4.90 Å². The Morgan fingerprint density at radius 3 is 2.50 bits per heavy atom. The van der Waals surface area contributed by atoms with Gasteiger partial charge in [0.15, 0.2) is 11.5 Å². The van der Waals surface area contributed by atoms with Gasteiger partial charge in [-0.3, -0.25) is 4.79 Å². The molecule has 1 unspecified atom stereocenters. The smallest absolute Gasteiger partial charge is 0.387 e. The minimum absolute atomic E-state index is 0.101. The average Bonchev–Trinajstić information content (AvgIpc) is 3.18. The van der Waals surface area contributed by atoms with Gasteiger partial charge in [0, 0.05) is 13.5 Å². The predicted molar refractivity (Wildman–Crippen MR) is 105 cm³/mol. The van der Waals surface area contributed by atoms with Crippen molar-refractivity contribution in [3.05, 3.63) is 65.7 Å². The lowest BCUT2D eigenvalue weighted by Gasteiger charge is -2.21. The summed E-state index contributed by atoms with van der Waals surface area (Å²) in [6.07, 6.45) is 1.62. The lowest BCUT2D eigenvalue weighted by molar-refractivity contribution is -0.148. The second-order valence-electron chi connectivity index (χ2n) is 6.62. The van der Waals surface area contributed by atoms with Gasteiger partial charge < -0.3 is 19.1 Å². The van der Waals surface area contributed by atoms with E-state index in [9.17, 15) is 18.4 Å². The van der Waals surface area contributed by atoms with E-state index in [1.54, 1.807) is 18.2 Å². The minimum Gasteiger partial charge on any atom is -0.485 e. The van der Waals surface area contributed by atoms with Gasteiger partial charge in [-0.05, 0) is 34.9 Å². The predicted octanol–water partition coefficient (Wildman–Crippen LogP) is 3.65. The lowest BCUT2D eigenvalue weighted by Crippen LogP contribution is -2.40. The van der Waals surface area contributed by atoms with Crippen LogP contribution < -0.4 is 9.47 Å². The molecule has 1 aliphatic rings. The summed E-state index contributed by atoms with van der Waals surface area (Å²) in [5, 5.41) is 0. The normalized spacial score (nSPS) is 15.7. The molecule has 8 heteroatoms. The highest BCUT2D eigenvalue weighted by molar-refractivity contribution is 5.91. The van der Waals surface area contributed by atoms with Crippen molar-refractivity contribution in [3.8, 4) is 11.5 Å². The van der Waals surface area contributed by atoms with Gasteiger partial charge in [0.1, 0.15) is 12.6 Å². The van der Waals surface area contributed by atoms with Crippen LogP contribution in [0.3, 0.4) is 0 Å². The Bertz CT molecular complexity index is 946. The first-order valence-electron chi connectivity index (χ1n) is 9.20. The number of hydrogen-bond acceptors (Lipinski definition) is 5. The maximum absolute atomic E-state index is 12.8. The molecule has 1 aliphatic heterocycles. The van der Waals surface area contributed by atoms with Crippen molar-refractivity contribution in [2.45, 2.75) is 26.2 Å². The maximum atomic E-state index is 12.8. The van der Waals surface area contributed by atoms with E-state index in [-0.39, 0.29) is 30.6 Å². The molecule has 1 heterocycles. The monoisotopic (exact) mass is 417 g/mol. The molecule has 1 amide bonds. The third kappa shape index (κ3) is 4.94. The lowest BCUT2D eigenvalue weighted by atomic mass is 10.1. The third-order valence-corrected chi connectivity index (χ3v) is 4.65. The van der Waals surface area contributed by atoms with E-state index in [0.29, 0.717) is 11.1 Å². The van der Waals surface area contributed by atoms with Crippen LogP contribution >= 0.6 is 0 Å². The molecule has 0 radical (unpaired) electrons. The van der Waals surface area contributed by atoms with Gasteiger partial charge in [0.2, 0.25) is 5.91 Å². The molecule has 0 fully saturated rings. The molecule has 0 saturated heterocycles. The second kappa shape index (κ2) is 9.39. The summed E-state index contributed by atoms with van der Waals surface area (Å²) >= 11 is 0. The summed E-state index contributed by atoms with van der Waals surface area (Å²) in [6.45, 7) is -1.30. The van der Waals surface area contributed by atoms with Crippen LogP contribution in [0.25, 0.3) is 5.57 Å². The molecule has 0 N–H and O–H groups in total. The van der Waals surface area contributed by atoms with Gasteiger partial charge in [0.05, 0.1) is 7.11 Å². The quantitative estimate of drug-likeness (QED) is 0.644. The van der Waals surface area contributed by atoms with Crippen LogP contribution in [0.2, 0.25) is 0 Å². The standard InChI is InChI=1S/C22H21F2NO5/c1-14(26)25-12-17(10-18(25)21(27)28-2)16-8-9-19(30-22(23)24)20(11-16)29-13-15-6-4-3-5-7-15/h3-11,18,22H,12-13H2,1-2H3. The van der Waals surface area contributed by atoms with Gasteiger partial charge >= 0.3 is 12.6 Å².